The fourth-order valence-corrected chi connectivity index (χ4v) is 5.59. The molecular weight excluding hydrogens is 532 g/mol. The van der Waals surface area contributed by atoms with E-state index in [4.69, 9.17) is 9.16 Å². The number of carboxylic acids is 1. The lowest BCUT2D eigenvalue weighted by atomic mass is 9.93. The van der Waals surface area contributed by atoms with Crippen molar-refractivity contribution >= 4 is 26.4 Å². The third kappa shape index (κ3) is 9.28. The number of rotatable bonds is 14. The summed E-state index contributed by atoms with van der Waals surface area (Å²) in [6.45, 7) is 16.2. The first kappa shape index (κ1) is 32.1. The van der Waals surface area contributed by atoms with Gasteiger partial charge in [0.05, 0.1) is 17.4 Å². The van der Waals surface area contributed by atoms with E-state index in [0.717, 1.165) is 16.7 Å². The molecule has 0 heterocycles. The average molecular weight is 577 g/mol. The van der Waals surface area contributed by atoms with E-state index >= 15 is 0 Å². The summed E-state index contributed by atoms with van der Waals surface area (Å²) < 4.78 is 13.0. The fourth-order valence-electron chi connectivity index (χ4n) is 4.30. The number of carboxylic acid groups (broad SMARTS) is 1. The summed E-state index contributed by atoms with van der Waals surface area (Å²) in [6.07, 6.45) is 1.02. The largest absolute Gasteiger partial charge is 0.487 e. The Kier molecular flexibility index (Phi) is 10.5. The van der Waals surface area contributed by atoms with Crippen LogP contribution in [0.4, 0.5) is 5.69 Å². The number of nitrogens with one attached hydrogen (secondary N) is 2. The zero-order chi connectivity index (χ0) is 30.3. The standard InChI is InChI=1S/C33H44N2O5Si/c1-32(2,3)41(6,7)40-30(21-35-33(4,5)20-25-14-11-15-27(18-25)31(37)38)26-16-17-29(28(19-26)34-23-36)39-22-24-12-9-8-10-13-24/h8-19,23,30,35H,20-22H2,1-7H3,(H,34,36)(H,37,38)/t30-/m0/s1. The number of benzene rings is 3. The van der Waals surface area contributed by atoms with Crippen molar-refractivity contribution in [2.24, 2.45) is 0 Å². The second-order valence-corrected chi connectivity index (χ2v) is 17.4. The molecule has 0 fully saturated rings. The molecule has 3 aromatic carbocycles. The van der Waals surface area contributed by atoms with Crippen LogP contribution in [0, 0.1) is 0 Å². The molecule has 0 unspecified atom stereocenters. The molecule has 1 amide bonds. The van der Waals surface area contributed by atoms with Gasteiger partial charge in [0.25, 0.3) is 0 Å². The molecule has 0 aliphatic rings. The van der Waals surface area contributed by atoms with Gasteiger partial charge < -0.3 is 24.9 Å². The summed E-state index contributed by atoms with van der Waals surface area (Å²) >= 11 is 0. The molecule has 0 saturated carbocycles. The number of aromatic carboxylic acids is 1. The van der Waals surface area contributed by atoms with Crippen molar-refractivity contribution in [2.45, 2.75) is 77.4 Å². The van der Waals surface area contributed by atoms with Crippen molar-refractivity contribution in [3.05, 3.63) is 95.1 Å². The SMILES string of the molecule is CC(C)(Cc1cccc(C(=O)O)c1)NC[C@H](O[Si](C)(C)C(C)(C)C)c1ccc(OCc2ccccc2)c(NC=O)c1. The summed E-state index contributed by atoms with van der Waals surface area (Å²) in [7, 11) is -2.18. The van der Waals surface area contributed by atoms with Crippen molar-refractivity contribution in [1.29, 1.82) is 0 Å². The summed E-state index contributed by atoms with van der Waals surface area (Å²) in [5, 5.41) is 15.9. The molecule has 1 atom stereocenters. The molecule has 41 heavy (non-hydrogen) atoms. The van der Waals surface area contributed by atoms with Gasteiger partial charge >= 0.3 is 5.97 Å². The Balaban J connectivity index is 1.86. The molecule has 3 aromatic rings. The van der Waals surface area contributed by atoms with Gasteiger partial charge in [0, 0.05) is 12.1 Å². The first-order chi connectivity index (χ1) is 19.2. The van der Waals surface area contributed by atoms with Crippen LogP contribution >= 0.6 is 0 Å². The Morgan fingerprint density at radius 3 is 2.27 bits per heavy atom. The topological polar surface area (TPSA) is 96.9 Å². The highest BCUT2D eigenvalue weighted by Gasteiger charge is 2.40. The van der Waals surface area contributed by atoms with Gasteiger partial charge in [-0.2, -0.15) is 0 Å². The number of ether oxygens (including phenoxy) is 1. The van der Waals surface area contributed by atoms with Gasteiger partial charge in [-0.15, -0.1) is 0 Å². The molecule has 0 saturated heterocycles. The summed E-state index contributed by atoms with van der Waals surface area (Å²) in [5.41, 5.74) is 3.44. The lowest BCUT2D eigenvalue weighted by molar-refractivity contribution is -0.105. The smallest absolute Gasteiger partial charge is 0.335 e. The van der Waals surface area contributed by atoms with Crippen LogP contribution in [0.15, 0.2) is 72.8 Å². The number of hydrogen-bond acceptors (Lipinski definition) is 5. The van der Waals surface area contributed by atoms with Gasteiger partial charge in [-0.3, -0.25) is 4.79 Å². The highest BCUT2D eigenvalue weighted by Crippen LogP contribution is 2.40. The monoisotopic (exact) mass is 576 g/mol. The quantitative estimate of drug-likeness (QED) is 0.139. The predicted octanol–water partition coefficient (Wildman–Crippen LogP) is 7.21. The molecule has 0 aliphatic heterocycles. The third-order valence-electron chi connectivity index (χ3n) is 7.66. The molecule has 0 aliphatic carbocycles. The maximum Gasteiger partial charge on any atom is 0.335 e. The first-order valence-corrected chi connectivity index (χ1v) is 16.9. The Morgan fingerprint density at radius 2 is 1.63 bits per heavy atom. The third-order valence-corrected chi connectivity index (χ3v) is 12.1. The van der Waals surface area contributed by atoms with Crippen molar-refractivity contribution in [3.8, 4) is 5.75 Å². The van der Waals surface area contributed by atoms with E-state index in [0.29, 0.717) is 37.4 Å². The Hall–Kier alpha value is -3.46. The number of anilines is 1. The normalized spacial score (nSPS) is 13.0. The Bertz CT molecular complexity index is 1320. The van der Waals surface area contributed by atoms with Crippen LogP contribution in [0.3, 0.4) is 0 Å². The van der Waals surface area contributed by atoms with Crippen LogP contribution in [0.2, 0.25) is 18.1 Å². The second kappa shape index (κ2) is 13.5. The van der Waals surface area contributed by atoms with Gasteiger partial charge in [-0.05, 0) is 79.4 Å². The van der Waals surface area contributed by atoms with Gasteiger partial charge in [0.1, 0.15) is 12.4 Å². The van der Waals surface area contributed by atoms with E-state index in [9.17, 15) is 14.7 Å². The molecule has 0 bridgehead atoms. The van der Waals surface area contributed by atoms with Crippen molar-refractivity contribution < 1.29 is 23.9 Å². The molecular formula is C33H44N2O5Si. The summed E-state index contributed by atoms with van der Waals surface area (Å²) in [5.74, 6) is -0.348. The number of hydrogen-bond donors (Lipinski definition) is 3. The van der Waals surface area contributed by atoms with Crippen molar-refractivity contribution in [2.75, 3.05) is 11.9 Å². The lowest BCUT2D eigenvalue weighted by Crippen LogP contribution is -2.47. The molecule has 8 heteroatoms. The van der Waals surface area contributed by atoms with Crippen LogP contribution in [-0.4, -0.2) is 37.9 Å². The fraction of sp³-hybridized carbons (Fsp3) is 0.394. The molecule has 220 valence electrons. The Labute approximate surface area is 245 Å². The maximum atomic E-state index is 11.5. The van der Waals surface area contributed by atoms with E-state index in [1.54, 1.807) is 18.2 Å². The van der Waals surface area contributed by atoms with E-state index < -0.39 is 14.3 Å². The van der Waals surface area contributed by atoms with E-state index in [2.05, 4.69) is 58.3 Å². The Morgan fingerprint density at radius 1 is 0.951 bits per heavy atom. The first-order valence-electron chi connectivity index (χ1n) is 14.0. The minimum atomic E-state index is -2.18. The zero-order valence-corrected chi connectivity index (χ0v) is 26.3. The van der Waals surface area contributed by atoms with Gasteiger partial charge in [-0.1, -0.05) is 69.3 Å². The average Bonchev–Trinajstić information content (AvgIpc) is 2.90. The highest BCUT2D eigenvalue weighted by molar-refractivity contribution is 6.74. The number of amides is 1. The van der Waals surface area contributed by atoms with E-state index in [1.165, 1.54) is 0 Å². The van der Waals surface area contributed by atoms with Crippen LogP contribution in [0.1, 0.15) is 67.8 Å². The van der Waals surface area contributed by atoms with E-state index in [-0.39, 0.29) is 22.2 Å². The van der Waals surface area contributed by atoms with Gasteiger partial charge in [-0.25, -0.2) is 4.79 Å². The van der Waals surface area contributed by atoms with Crippen LogP contribution in [0.5, 0.6) is 5.75 Å². The van der Waals surface area contributed by atoms with E-state index in [1.807, 2.05) is 54.6 Å². The molecule has 3 N–H and O–H groups in total. The molecule has 3 rings (SSSR count). The van der Waals surface area contributed by atoms with Crippen LogP contribution in [-0.2, 0) is 22.2 Å². The predicted molar refractivity (Wildman–Crippen MR) is 167 cm³/mol. The zero-order valence-electron chi connectivity index (χ0n) is 25.3. The maximum absolute atomic E-state index is 11.5. The molecule has 0 aromatic heterocycles. The van der Waals surface area contributed by atoms with Gasteiger partial charge in [0.2, 0.25) is 6.41 Å². The van der Waals surface area contributed by atoms with Crippen molar-refractivity contribution in [3.63, 3.8) is 0 Å². The molecule has 0 radical (unpaired) electrons. The minimum Gasteiger partial charge on any atom is -0.487 e. The van der Waals surface area contributed by atoms with Gasteiger partial charge in [0.15, 0.2) is 8.32 Å². The summed E-state index contributed by atoms with van der Waals surface area (Å²) in [6, 6.07) is 22.7. The van der Waals surface area contributed by atoms with Crippen LogP contribution < -0.4 is 15.4 Å². The van der Waals surface area contributed by atoms with Crippen molar-refractivity contribution in [1.82, 2.24) is 5.32 Å². The lowest BCUT2D eigenvalue weighted by Gasteiger charge is -2.40. The number of carbonyl (C=O) groups excluding carboxylic acids is 1. The van der Waals surface area contributed by atoms with Crippen LogP contribution in [0.25, 0.3) is 0 Å². The second-order valence-electron chi connectivity index (χ2n) is 12.6. The minimum absolute atomic E-state index is 0.000646. The molecule has 7 nitrogen and oxygen atoms in total. The number of carbonyl (C=O) groups is 2. The molecule has 0 spiro atoms. The summed E-state index contributed by atoms with van der Waals surface area (Å²) in [4.78, 5) is 23.0. The highest BCUT2D eigenvalue weighted by atomic mass is 28.4.